The lowest BCUT2D eigenvalue weighted by Gasteiger charge is -2.21. The fraction of sp³-hybridized carbons (Fsp3) is 0.350. The maximum Gasteiger partial charge on any atom is 0.501 e. The Morgan fingerprint density at radius 1 is 1.06 bits per heavy atom. The topological polar surface area (TPSA) is 90.9 Å². The first-order valence-corrected chi connectivity index (χ1v) is 11.2. The number of hydrogen-bond donors (Lipinski definition) is 0. The number of imide groups is 1. The number of amides is 3. The van der Waals surface area contributed by atoms with Crippen molar-refractivity contribution in [2.24, 2.45) is 0 Å². The minimum atomic E-state index is -5.52. The predicted octanol–water partition coefficient (Wildman–Crippen LogP) is 3.19. The number of carbonyl (C=O) groups excluding carboxylic acids is 2. The molecule has 1 saturated heterocycles. The van der Waals surface area contributed by atoms with Gasteiger partial charge in [-0.3, -0.25) is 4.79 Å². The van der Waals surface area contributed by atoms with E-state index in [0.717, 1.165) is 53.6 Å². The number of rotatable bonds is 7. The zero-order valence-corrected chi connectivity index (χ0v) is 18.2. The van der Waals surface area contributed by atoms with E-state index in [0.29, 0.717) is 0 Å². The summed E-state index contributed by atoms with van der Waals surface area (Å²) < 4.78 is 61.1. The molecule has 0 saturated carbocycles. The fourth-order valence-corrected chi connectivity index (χ4v) is 4.10. The molecule has 1 fully saturated rings. The number of carbonyl (C=O) groups is 2. The lowest BCUT2D eigenvalue weighted by atomic mass is 10.2. The van der Waals surface area contributed by atoms with E-state index in [4.69, 9.17) is 0 Å². The normalized spacial score (nSPS) is 14.9. The van der Waals surface area contributed by atoms with Gasteiger partial charge in [-0.25, -0.2) is 23.1 Å². The van der Waals surface area contributed by atoms with Crippen LogP contribution in [0.15, 0.2) is 47.5 Å². The molecule has 1 aromatic carbocycles. The summed E-state index contributed by atoms with van der Waals surface area (Å²) >= 11 is 0. The van der Waals surface area contributed by atoms with Crippen LogP contribution >= 0.6 is 0 Å². The predicted molar refractivity (Wildman–Crippen MR) is 111 cm³/mol. The molecule has 3 rings (SSSR count). The number of anilines is 2. The van der Waals surface area contributed by atoms with Crippen molar-refractivity contribution < 1.29 is 31.2 Å². The molecule has 2 aromatic rings. The maximum absolute atomic E-state index is 12.8. The molecule has 12 heteroatoms. The first-order valence-electron chi connectivity index (χ1n) is 9.72. The Bertz CT molecular complexity index is 1120. The minimum Gasteiger partial charge on any atom is -0.357 e. The Kier molecular flexibility index (Phi) is 6.44. The maximum atomic E-state index is 12.8. The van der Waals surface area contributed by atoms with Crippen LogP contribution in [-0.4, -0.2) is 55.4 Å². The summed E-state index contributed by atoms with van der Waals surface area (Å²) in [5.74, 6) is 0.170. The highest BCUT2D eigenvalue weighted by Gasteiger charge is 2.47. The molecule has 0 aliphatic carbocycles. The molecule has 0 bridgehead atoms. The van der Waals surface area contributed by atoms with Crippen molar-refractivity contribution in [2.75, 3.05) is 29.4 Å². The van der Waals surface area contributed by atoms with Gasteiger partial charge in [0.05, 0.1) is 10.6 Å². The largest absolute Gasteiger partial charge is 0.501 e. The quantitative estimate of drug-likeness (QED) is 0.578. The molecule has 8 nitrogen and oxygen atoms in total. The third kappa shape index (κ3) is 4.40. The van der Waals surface area contributed by atoms with Gasteiger partial charge >= 0.3 is 11.5 Å². The van der Waals surface area contributed by atoms with Gasteiger partial charge in [0.25, 0.3) is 15.7 Å². The van der Waals surface area contributed by atoms with Crippen molar-refractivity contribution in [1.29, 1.82) is 0 Å². The number of nitrogens with zero attached hydrogens (tertiary/aromatic N) is 4. The summed E-state index contributed by atoms with van der Waals surface area (Å²) in [6, 6.07) is 6.35. The number of urea groups is 1. The number of pyridine rings is 1. The summed E-state index contributed by atoms with van der Waals surface area (Å²) in [5.41, 5.74) is -4.70. The number of benzene rings is 1. The Labute approximate surface area is 183 Å². The third-order valence-corrected chi connectivity index (χ3v) is 6.52. The smallest absolute Gasteiger partial charge is 0.357 e. The molecule has 1 aromatic heterocycles. The second kappa shape index (κ2) is 8.77. The van der Waals surface area contributed by atoms with Crippen molar-refractivity contribution in [1.82, 2.24) is 9.88 Å². The van der Waals surface area contributed by atoms with Crippen LogP contribution in [0.2, 0.25) is 0 Å². The van der Waals surface area contributed by atoms with Crippen LogP contribution < -0.4 is 9.80 Å². The van der Waals surface area contributed by atoms with E-state index in [2.05, 4.69) is 4.98 Å². The van der Waals surface area contributed by atoms with Crippen LogP contribution in [0.4, 0.5) is 29.5 Å². The van der Waals surface area contributed by atoms with Crippen LogP contribution in [0.5, 0.6) is 0 Å². The summed E-state index contributed by atoms with van der Waals surface area (Å²) in [5, 5.41) is 0. The highest BCUT2D eigenvalue weighted by atomic mass is 32.2. The Morgan fingerprint density at radius 2 is 1.69 bits per heavy atom. The SMILES string of the molecule is CCN(CC)c1cc(CN2CC(=O)N(c3ccc(S(=O)(=O)C(F)(F)F)cc3)C2=O)ccn1. The third-order valence-electron chi connectivity index (χ3n) is 5.02. The van der Waals surface area contributed by atoms with E-state index in [1.54, 1.807) is 12.3 Å². The van der Waals surface area contributed by atoms with Crippen molar-refractivity contribution in [3.8, 4) is 0 Å². The van der Waals surface area contributed by atoms with Gasteiger partial charge in [-0.05, 0) is 55.8 Å². The van der Waals surface area contributed by atoms with Crippen LogP contribution in [0, 0.1) is 0 Å². The molecule has 1 aliphatic heterocycles. The monoisotopic (exact) mass is 470 g/mol. The van der Waals surface area contributed by atoms with Gasteiger partial charge in [0.1, 0.15) is 12.4 Å². The van der Waals surface area contributed by atoms with Crippen molar-refractivity contribution >= 4 is 33.3 Å². The standard InChI is InChI=1S/C20H21F3N4O4S/c1-3-25(4-2)17-11-14(9-10-24-17)12-26-13-18(28)27(19(26)29)15-5-7-16(8-6-15)32(30,31)20(21,22)23/h5-11H,3-4,12-13H2,1-2H3. The zero-order chi connectivity index (χ0) is 23.7. The summed E-state index contributed by atoms with van der Waals surface area (Å²) in [6.07, 6.45) is 1.61. The Morgan fingerprint density at radius 3 is 2.25 bits per heavy atom. The number of aromatic nitrogens is 1. The van der Waals surface area contributed by atoms with Gasteiger partial charge < -0.3 is 9.80 Å². The van der Waals surface area contributed by atoms with E-state index in [1.165, 1.54) is 4.90 Å². The van der Waals surface area contributed by atoms with Crippen LogP contribution in [-0.2, 0) is 21.2 Å². The zero-order valence-electron chi connectivity index (χ0n) is 17.3. The summed E-state index contributed by atoms with van der Waals surface area (Å²) in [6.45, 7) is 5.40. The van der Waals surface area contributed by atoms with E-state index in [-0.39, 0.29) is 18.8 Å². The van der Waals surface area contributed by atoms with E-state index in [9.17, 15) is 31.2 Å². The van der Waals surface area contributed by atoms with Gasteiger partial charge in [-0.15, -0.1) is 0 Å². The molecule has 0 atom stereocenters. The van der Waals surface area contributed by atoms with E-state index in [1.807, 2.05) is 24.8 Å². The number of alkyl halides is 3. The second-order valence-corrected chi connectivity index (χ2v) is 8.95. The van der Waals surface area contributed by atoms with Crippen molar-refractivity contribution in [3.63, 3.8) is 0 Å². The van der Waals surface area contributed by atoms with Crippen molar-refractivity contribution in [3.05, 3.63) is 48.2 Å². The molecular weight excluding hydrogens is 449 g/mol. The molecule has 0 N–H and O–H groups in total. The lowest BCUT2D eigenvalue weighted by Crippen LogP contribution is -2.33. The van der Waals surface area contributed by atoms with E-state index < -0.39 is 32.2 Å². The molecule has 0 spiro atoms. The van der Waals surface area contributed by atoms with Gasteiger partial charge in [-0.1, -0.05) is 0 Å². The number of sulfone groups is 1. The molecule has 2 heterocycles. The Hall–Kier alpha value is -3.15. The molecule has 0 radical (unpaired) electrons. The fourth-order valence-electron chi connectivity index (χ4n) is 3.34. The molecule has 0 unspecified atom stereocenters. The van der Waals surface area contributed by atoms with Gasteiger partial charge in [0.15, 0.2) is 0 Å². The summed E-state index contributed by atoms with van der Waals surface area (Å²) in [4.78, 5) is 32.7. The molecule has 1 aliphatic rings. The second-order valence-electron chi connectivity index (χ2n) is 7.01. The molecular formula is C20H21F3N4O4S. The first kappa shape index (κ1) is 23.5. The van der Waals surface area contributed by atoms with Crippen LogP contribution in [0.1, 0.15) is 19.4 Å². The van der Waals surface area contributed by atoms with Crippen LogP contribution in [0.25, 0.3) is 0 Å². The minimum absolute atomic E-state index is 0.0119. The van der Waals surface area contributed by atoms with Crippen LogP contribution in [0.3, 0.4) is 0 Å². The molecule has 32 heavy (non-hydrogen) atoms. The van der Waals surface area contributed by atoms with Gasteiger partial charge in [0.2, 0.25) is 0 Å². The van der Waals surface area contributed by atoms with Crippen molar-refractivity contribution in [2.45, 2.75) is 30.8 Å². The molecule has 172 valence electrons. The van der Waals surface area contributed by atoms with Gasteiger partial charge in [-0.2, -0.15) is 13.2 Å². The highest BCUT2D eigenvalue weighted by molar-refractivity contribution is 7.92. The summed E-state index contributed by atoms with van der Waals surface area (Å²) in [7, 11) is -5.52. The highest BCUT2D eigenvalue weighted by Crippen LogP contribution is 2.32. The first-order chi connectivity index (χ1) is 15.0. The van der Waals surface area contributed by atoms with Gasteiger partial charge in [0, 0.05) is 25.8 Å². The number of hydrogen-bond acceptors (Lipinski definition) is 6. The van der Waals surface area contributed by atoms with E-state index >= 15 is 0 Å². The average molecular weight is 470 g/mol. The number of halogens is 3. The lowest BCUT2D eigenvalue weighted by molar-refractivity contribution is -0.116. The average Bonchev–Trinajstić information content (AvgIpc) is 3.01. The Balaban J connectivity index is 1.79. The molecule has 3 amide bonds.